The highest BCUT2D eigenvalue weighted by Crippen LogP contribution is 2.25. The number of aromatic carboxylic acids is 1. The Morgan fingerprint density at radius 1 is 0.938 bits per heavy atom. The molecule has 0 saturated heterocycles. The van der Waals surface area contributed by atoms with Crippen LogP contribution in [0.5, 0.6) is 0 Å². The highest BCUT2D eigenvalue weighted by Gasteiger charge is 2.16. The molecule has 1 unspecified atom stereocenters. The van der Waals surface area contributed by atoms with Gasteiger partial charge in [-0.2, -0.15) is 5.10 Å². The van der Waals surface area contributed by atoms with Gasteiger partial charge in [-0.15, -0.1) is 0 Å². The highest BCUT2D eigenvalue weighted by atomic mass is 16.4. The molecule has 0 aliphatic heterocycles. The molecule has 4 aromatic rings. The van der Waals surface area contributed by atoms with Crippen molar-refractivity contribution >= 4 is 5.97 Å². The minimum absolute atomic E-state index is 0.307. The standard InChI is InChI=1S/C27H27N3O2/c1-3-19(2)26-28-25(17-20-9-5-4-6-10-20)29-30(26)18-21-13-15-22(16-14-21)23-11-7-8-12-24(23)27(31)32/h4-16,19H,3,17-18H2,1-2H3,(H,31,32). The van der Waals surface area contributed by atoms with Crippen LogP contribution in [-0.4, -0.2) is 25.8 Å². The van der Waals surface area contributed by atoms with Gasteiger partial charge in [-0.05, 0) is 34.7 Å². The average molecular weight is 426 g/mol. The van der Waals surface area contributed by atoms with Gasteiger partial charge < -0.3 is 5.11 Å². The van der Waals surface area contributed by atoms with Crippen LogP contribution < -0.4 is 0 Å². The number of benzene rings is 3. The summed E-state index contributed by atoms with van der Waals surface area (Å²) in [7, 11) is 0. The van der Waals surface area contributed by atoms with E-state index in [9.17, 15) is 9.90 Å². The van der Waals surface area contributed by atoms with E-state index in [0.29, 0.717) is 24.4 Å². The normalized spacial score (nSPS) is 11.9. The van der Waals surface area contributed by atoms with Gasteiger partial charge in [0.2, 0.25) is 0 Å². The molecular weight excluding hydrogens is 398 g/mol. The Hall–Kier alpha value is -3.73. The average Bonchev–Trinajstić information content (AvgIpc) is 3.21. The third-order valence-corrected chi connectivity index (χ3v) is 5.76. The van der Waals surface area contributed by atoms with Crippen LogP contribution in [0, 0.1) is 0 Å². The number of carbonyl (C=O) groups is 1. The number of carboxylic acids is 1. The molecule has 0 aliphatic carbocycles. The van der Waals surface area contributed by atoms with Crippen molar-refractivity contribution in [1.82, 2.24) is 14.8 Å². The second-order valence-electron chi connectivity index (χ2n) is 8.06. The Morgan fingerprint density at radius 2 is 1.62 bits per heavy atom. The molecule has 32 heavy (non-hydrogen) atoms. The molecule has 1 aromatic heterocycles. The van der Waals surface area contributed by atoms with Crippen molar-refractivity contribution < 1.29 is 9.90 Å². The number of aromatic nitrogens is 3. The Bertz CT molecular complexity index is 1200. The number of nitrogens with zero attached hydrogens (tertiary/aromatic N) is 3. The Kier molecular flexibility index (Phi) is 6.45. The van der Waals surface area contributed by atoms with Crippen molar-refractivity contribution in [2.75, 3.05) is 0 Å². The minimum atomic E-state index is -0.920. The number of hydrogen-bond donors (Lipinski definition) is 1. The van der Waals surface area contributed by atoms with Crippen LogP contribution in [0.4, 0.5) is 0 Å². The summed E-state index contributed by atoms with van der Waals surface area (Å²) in [6.45, 7) is 4.97. The molecule has 1 atom stereocenters. The van der Waals surface area contributed by atoms with Crippen LogP contribution in [0.1, 0.15) is 59.3 Å². The summed E-state index contributed by atoms with van der Waals surface area (Å²) in [5.74, 6) is 1.22. The van der Waals surface area contributed by atoms with Gasteiger partial charge in [0.05, 0.1) is 12.1 Å². The van der Waals surface area contributed by atoms with Gasteiger partial charge in [0.1, 0.15) is 5.82 Å². The number of hydrogen-bond acceptors (Lipinski definition) is 3. The summed E-state index contributed by atoms with van der Waals surface area (Å²) < 4.78 is 2.01. The molecule has 0 bridgehead atoms. The fourth-order valence-electron chi connectivity index (χ4n) is 3.80. The molecule has 1 N–H and O–H groups in total. The highest BCUT2D eigenvalue weighted by molar-refractivity contribution is 5.95. The van der Waals surface area contributed by atoms with E-state index in [-0.39, 0.29) is 0 Å². The van der Waals surface area contributed by atoms with E-state index >= 15 is 0 Å². The lowest BCUT2D eigenvalue weighted by Crippen LogP contribution is -2.09. The molecule has 0 radical (unpaired) electrons. The smallest absolute Gasteiger partial charge is 0.336 e. The molecule has 5 heteroatoms. The molecule has 0 spiro atoms. The second-order valence-corrected chi connectivity index (χ2v) is 8.06. The van der Waals surface area contributed by atoms with Crippen LogP contribution in [0.3, 0.4) is 0 Å². The molecule has 0 aliphatic rings. The zero-order chi connectivity index (χ0) is 22.5. The van der Waals surface area contributed by atoms with Gasteiger partial charge >= 0.3 is 5.97 Å². The first-order chi connectivity index (χ1) is 15.5. The third-order valence-electron chi connectivity index (χ3n) is 5.76. The lowest BCUT2D eigenvalue weighted by Gasteiger charge is -2.11. The van der Waals surface area contributed by atoms with Crippen LogP contribution in [0.15, 0.2) is 78.9 Å². The van der Waals surface area contributed by atoms with Crippen molar-refractivity contribution in [3.8, 4) is 11.1 Å². The SMILES string of the molecule is CCC(C)c1nc(Cc2ccccc2)nn1Cc1ccc(-c2ccccc2C(=O)O)cc1. The van der Waals surface area contributed by atoms with Crippen molar-refractivity contribution in [2.24, 2.45) is 0 Å². The van der Waals surface area contributed by atoms with Crippen molar-refractivity contribution in [2.45, 2.75) is 39.2 Å². The van der Waals surface area contributed by atoms with E-state index in [1.165, 1.54) is 5.56 Å². The maximum Gasteiger partial charge on any atom is 0.336 e. The fourth-order valence-corrected chi connectivity index (χ4v) is 3.80. The van der Waals surface area contributed by atoms with E-state index < -0.39 is 5.97 Å². The fraction of sp³-hybridized carbons (Fsp3) is 0.222. The van der Waals surface area contributed by atoms with Gasteiger partial charge in [-0.1, -0.05) is 86.6 Å². The third kappa shape index (κ3) is 4.78. The molecule has 4 rings (SSSR count). The predicted molar refractivity (Wildman–Crippen MR) is 126 cm³/mol. The van der Waals surface area contributed by atoms with Gasteiger partial charge in [0.15, 0.2) is 5.82 Å². The Morgan fingerprint density at radius 3 is 2.31 bits per heavy atom. The van der Waals surface area contributed by atoms with Crippen LogP contribution in [0.2, 0.25) is 0 Å². The summed E-state index contributed by atoms with van der Waals surface area (Å²) in [5.41, 5.74) is 4.21. The lowest BCUT2D eigenvalue weighted by atomic mass is 9.99. The van der Waals surface area contributed by atoms with E-state index in [0.717, 1.165) is 34.8 Å². The molecule has 5 nitrogen and oxygen atoms in total. The summed E-state index contributed by atoms with van der Waals surface area (Å²) in [6.07, 6.45) is 1.70. The second kappa shape index (κ2) is 9.60. The van der Waals surface area contributed by atoms with Gasteiger partial charge in [-0.25, -0.2) is 14.5 Å². The van der Waals surface area contributed by atoms with Crippen molar-refractivity contribution in [3.63, 3.8) is 0 Å². The molecule has 0 saturated carbocycles. The first-order valence-corrected chi connectivity index (χ1v) is 10.9. The van der Waals surface area contributed by atoms with Crippen molar-refractivity contribution in [3.05, 3.63) is 107 Å². The summed E-state index contributed by atoms with van der Waals surface area (Å²) in [5, 5.41) is 14.3. The molecule has 0 fully saturated rings. The number of carboxylic acid groups (broad SMARTS) is 1. The largest absolute Gasteiger partial charge is 0.478 e. The van der Waals surface area contributed by atoms with E-state index in [1.54, 1.807) is 12.1 Å². The van der Waals surface area contributed by atoms with Crippen molar-refractivity contribution in [1.29, 1.82) is 0 Å². The quantitative estimate of drug-likeness (QED) is 0.388. The Labute approximate surface area is 188 Å². The van der Waals surface area contributed by atoms with Crippen LogP contribution >= 0.6 is 0 Å². The maximum atomic E-state index is 11.5. The topological polar surface area (TPSA) is 68.0 Å². The summed E-state index contributed by atoms with van der Waals surface area (Å²) in [4.78, 5) is 16.4. The van der Waals surface area contributed by atoms with Crippen LogP contribution in [0.25, 0.3) is 11.1 Å². The van der Waals surface area contributed by atoms with Gasteiger partial charge in [0, 0.05) is 12.3 Å². The molecule has 0 amide bonds. The summed E-state index contributed by atoms with van der Waals surface area (Å²) in [6, 6.07) is 25.4. The van der Waals surface area contributed by atoms with E-state index in [2.05, 4.69) is 26.0 Å². The van der Waals surface area contributed by atoms with E-state index in [1.807, 2.05) is 59.3 Å². The zero-order valence-electron chi connectivity index (χ0n) is 18.4. The van der Waals surface area contributed by atoms with E-state index in [4.69, 9.17) is 10.1 Å². The first kappa shape index (κ1) is 21.5. The van der Waals surface area contributed by atoms with Gasteiger partial charge in [0.25, 0.3) is 0 Å². The predicted octanol–water partition coefficient (Wildman–Crippen LogP) is 5.80. The number of rotatable bonds is 8. The monoisotopic (exact) mass is 425 g/mol. The molecule has 3 aromatic carbocycles. The molecule has 162 valence electrons. The van der Waals surface area contributed by atoms with Crippen LogP contribution in [-0.2, 0) is 13.0 Å². The summed E-state index contributed by atoms with van der Waals surface area (Å²) >= 11 is 0. The lowest BCUT2D eigenvalue weighted by molar-refractivity contribution is 0.0697. The molecular formula is C27H27N3O2. The molecule has 1 heterocycles. The minimum Gasteiger partial charge on any atom is -0.478 e. The zero-order valence-corrected chi connectivity index (χ0v) is 18.4. The first-order valence-electron chi connectivity index (χ1n) is 10.9. The maximum absolute atomic E-state index is 11.5. The Balaban J connectivity index is 1.59. The van der Waals surface area contributed by atoms with Gasteiger partial charge in [-0.3, -0.25) is 0 Å².